The highest BCUT2D eigenvalue weighted by Crippen LogP contribution is 2.32. The minimum Gasteiger partial charge on any atom is -0.409 e. The molecule has 0 aromatic carbocycles. The number of amidine groups is 1. The first-order chi connectivity index (χ1) is 10.0. The lowest BCUT2D eigenvalue weighted by atomic mass is 9.79. The summed E-state index contributed by atoms with van der Waals surface area (Å²) < 4.78 is 0. The summed E-state index contributed by atoms with van der Waals surface area (Å²) >= 11 is 0. The summed E-state index contributed by atoms with van der Waals surface area (Å²) in [7, 11) is 0. The fourth-order valence-corrected chi connectivity index (χ4v) is 3.59. The lowest BCUT2D eigenvalue weighted by molar-refractivity contribution is -0.133. The van der Waals surface area contributed by atoms with E-state index in [0.29, 0.717) is 6.42 Å². The van der Waals surface area contributed by atoms with Crippen molar-refractivity contribution in [3.63, 3.8) is 0 Å². The van der Waals surface area contributed by atoms with Crippen LogP contribution in [0.5, 0.6) is 0 Å². The summed E-state index contributed by atoms with van der Waals surface area (Å²) in [5.41, 5.74) is 5.49. The summed E-state index contributed by atoms with van der Waals surface area (Å²) in [5.74, 6) is 1.33. The molecule has 2 fully saturated rings. The zero-order valence-electron chi connectivity index (χ0n) is 13.2. The van der Waals surface area contributed by atoms with Gasteiger partial charge in [0.25, 0.3) is 0 Å². The summed E-state index contributed by atoms with van der Waals surface area (Å²) in [6.07, 6.45) is 9.92. The summed E-state index contributed by atoms with van der Waals surface area (Å²) in [6.45, 7) is 3.44. The summed E-state index contributed by atoms with van der Waals surface area (Å²) in [5, 5.41) is 12.0. The molecule has 2 aliphatic rings. The van der Waals surface area contributed by atoms with Crippen LogP contribution in [0.25, 0.3) is 0 Å². The van der Waals surface area contributed by atoms with Gasteiger partial charge in [-0.25, -0.2) is 0 Å². The highest BCUT2D eigenvalue weighted by molar-refractivity contribution is 5.86. The first-order valence-electron chi connectivity index (χ1n) is 8.31. The van der Waals surface area contributed by atoms with Crippen LogP contribution in [0.3, 0.4) is 0 Å². The Morgan fingerprint density at radius 2 is 1.90 bits per heavy atom. The van der Waals surface area contributed by atoms with Gasteiger partial charge in [-0.15, -0.1) is 0 Å². The second-order valence-corrected chi connectivity index (χ2v) is 6.97. The van der Waals surface area contributed by atoms with Crippen molar-refractivity contribution in [2.75, 3.05) is 13.1 Å². The number of oxime groups is 1. The van der Waals surface area contributed by atoms with E-state index in [4.69, 9.17) is 10.9 Å². The molecule has 21 heavy (non-hydrogen) atoms. The van der Waals surface area contributed by atoms with E-state index in [0.717, 1.165) is 38.3 Å². The highest BCUT2D eigenvalue weighted by Gasteiger charge is 2.35. The number of piperidine rings is 1. The molecule has 5 nitrogen and oxygen atoms in total. The number of hydrogen-bond acceptors (Lipinski definition) is 3. The molecule has 0 atom stereocenters. The van der Waals surface area contributed by atoms with E-state index >= 15 is 0 Å². The molecule has 2 rings (SSSR count). The molecule has 1 aliphatic carbocycles. The molecule has 0 radical (unpaired) electrons. The van der Waals surface area contributed by atoms with Crippen LogP contribution < -0.4 is 5.73 Å². The van der Waals surface area contributed by atoms with E-state index in [1.165, 1.54) is 32.1 Å². The molecule has 0 unspecified atom stereocenters. The maximum atomic E-state index is 12.3. The van der Waals surface area contributed by atoms with E-state index in [1.807, 2.05) is 11.8 Å². The second-order valence-electron chi connectivity index (χ2n) is 6.97. The maximum Gasteiger partial charge on any atom is 0.222 e. The number of rotatable bonds is 4. The van der Waals surface area contributed by atoms with Crippen molar-refractivity contribution in [3.8, 4) is 0 Å². The Bertz CT molecular complexity index is 381. The van der Waals surface area contributed by atoms with Crippen LogP contribution in [0.4, 0.5) is 0 Å². The van der Waals surface area contributed by atoms with Crippen molar-refractivity contribution in [2.24, 2.45) is 22.2 Å². The minimum absolute atomic E-state index is 0.269. The number of carbonyl (C=O) groups excluding carboxylic acids is 1. The van der Waals surface area contributed by atoms with Gasteiger partial charge in [0.2, 0.25) is 5.91 Å². The third-order valence-corrected chi connectivity index (χ3v) is 5.44. The number of hydrogen-bond donors (Lipinski definition) is 2. The number of nitrogens with zero attached hydrogens (tertiary/aromatic N) is 2. The van der Waals surface area contributed by atoms with Crippen LogP contribution >= 0.6 is 0 Å². The van der Waals surface area contributed by atoms with Crippen molar-refractivity contribution in [1.82, 2.24) is 4.90 Å². The Kier molecular flexibility index (Phi) is 5.48. The zero-order chi connectivity index (χ0) is 15.3. The fraction of sp³-hybridized carbons (Fsp3) is 0.875. The SMILES string of the molecule is CC1(C(N)=NO)CCN(C(=O)CCC2CCCCC2)CC1. The monoisotopic (exact) mass is 295 g/mol. The molecule has 1 heterocycles. The first-order valence-corrected chi connectivity index (χ1v) is 8.31. The molecule has 0 bridgehead atoms. The van der Waals surface area contributed by atoms with E-state index in [9.17, 15) is 4.79 Å². The van der Waals surface area contributed by atoms with Gasteiger partial charge in [0, 0.05) is 24.9 Å². The maximum absolute atomic E-state index is 12.3. The molecule has 0 aromatic rings. The molecule has 120 valence electrons. The molecule has 5 heteroatoms. The molecule has 0 aromatic heterocycles. The Morgan fingerprint density at radius 3 is 2.48 bits per heavy atom. The van der Waals surface area contributed by atoms with Gasteiger partial charge in [-0.3, -0.25) is 4.79 Å². The number of amides is 1. The fourth-order valence-electron chi connectivity index (χ4n) is 3.59. The van der Waals surface area contributed by atoms with Crippen LogP contribution in [-0.4, -0.2) is 34.9 Å². The second kappa shape index (κ2) is 7.14. The number of nitrogens with two attached hydrogens (primary N) is 1. The normalized spacial score (nSPS) is 24.0. The Morgan fingerprint density at radius 1 is 1.29 bits per heavy atom. The van der Waals surface area contributed by atoms with Crippen molar-refractivity contribution in [1.29, 1.82) is 0 Å². The Hall–Kier alpha value is -1.26. The van der Waals surface area contributed by atoms with Gasteiger partial charge in [0.15, 0.2) is 0 Å². The molecule has 1 aliphatic heterocycles. The quantitative estimate of drug-likeness (QED) is 0.362. The molecule has 3 N–H and O–H groups in total. The molecule has 1 amide bonds. The van der Waals surface area contributed by atoms with Crippen LogP contribution in [0.1, 0.15) is 64.7 Å². The van der Waals surface area contributed by atoms with E-state index in [1.54, 1.807) is 0 Å². The van der Waals surface area contributed by atoms with Crippen molar-refractivity contribution >= 4 is 11.7 Å². The molecular formula is C16H29N3O2. The van der Waals surface area contributed by atoms with Crippen LogP contribution in [-0.2, 0) is 4.79 Å². The average molecular weight is 295 g/mol. The third-order valence-electron chi connectivity index (χ3n) is 5.44. The molecule has 1 saturated carbocycles. The molecule has 0 spiro atoms. The van der Waals surface area contributed by atoms with Gasteiger partial charge in [-0.2, -0.15) is 0 Å². The largest absolute Gasteiger partial charge is 0.409 e. The van der Waals surface area contributed by atoms with Gasteiger partial charge in [-0.05, 0) is 25.2 Å². The van der Waals surface area contributed by atoms with E-state index in [2.05, 4.69) is 5.16 Å². The lowest BCUT2D eigenvalue weighted by Crippen LogP contribution is -2.47. The van der Waals surface area contributed by atoms with Crippen LogP contribution in [0.2, 0.25) is 0 Å². The molecule has 1 saturated heterocycles. The summed E-state index contributed by atoms with van der Waals surface area (Å²) in [4.78, 5) is 14.3. The Labute approximate surface area is 127 Å². The summed E-state index contributed by atoms with van der Waals surface area (Å²) in [6, 6.07) is 0. The van der Waals surface area contributed by atoms with Crippen molar-refractivity contribution < 1.29 is 10.0 Å². The van der Waals surface area contributed by atoms with Crippen molar-refractivity contribution in [3.05, 3.63) is 0 Å². The van der Waals surface area contributed by atoms with Crippen molar-refractivity contribution in [2.45, 2.75) is 64.7 Å². The number of carbonyl (C=O) groups is 1. The van der Waals surface area contributed by atoms with E-state index < -0.39 is 0 Å². The number of likely N-dealkylation sites (tertiary alicyclic amines) is 1. The highest BCUT2D eigenvalue weighted by atomic mass is 16.4. The van der Waals surface area contributed by atoms with Gasteiger partial charge >= 0.3 is 0 Å². The van der Waals surface area contributed by atoms with Crippen LogP contribution in [0.15, 0.2) is 5.16 Å². The van der Waals surface area contributed by atoms with Gasteiger partial charge in [0.05, 0.1) is 0 Å². The van der Waals surface area contributed by atoms with E-state index in [-0.39, 0.29) is 17.2 Å². The van der Waals surface area contributed by atoms with Gasteiger partial charge < -0.3 is 15.8 Å². The standard InChI is InChI=1S/C16H29N3O2/c1-16(15(17)18-21)9-11-19(12-10-16)14(20)8-7-13-5-3-2-4-6-13/h13,21H,2-12H2,1H3,(H2,17,18). The predicted molar refractivity (Wildman–Crippen MR) is 83.1 cm³/mol. The third kappa shape index (κ3) is 4.11. The zero-order valence-corrected chi connectivity index (χ0v) is 13.2. The average Bonchev–Trinajstić information content (AvgIpc) is 2.53. The van der Waals surface area contributed by atoms with Gasteiger partial charge in [-0.1, -0.05) is 44.2 Å². The van der Waals surface area contributed by atoms with Gasteiger partial charge in [0.1, 0.15) is 5.84 Å². The lowest BCUT2D eigenvalue weighted by Gasteiger charge is -2.38. The Balaban J connectivity index is 1.75. The smallest absolute Gasteiger partial charge is 0.222 e. The topological polar surface area (TPSA) is 78.9 Å². The first kappa shape index (κ1) is 16.1. The predicted octanol–water partition coefficient (Wildman–Crippen LogP) is 2.72. The van der Waals surface area contributed by atoms with Crippen LogP contribution in [0, 0.1) is 11.3 Å². The minimum atomic E-state index is -0.269. The molecular weight excluding hydrogens is 266 g/mol.